The Morgan fingerprint density at radius 2 is 1.35 bits per heavy atom. The summed E-state index contributed by atoms with van der Waals surface area (Å²) in [5.74, 6) is 0.896. The number of hydrogen-bond donors (Lipinski definition) is 0. The Morgan fingerprint density at radius 1 is 0.761 bits per heavy atom. The van der Waals surface area contributed by atoms with E-state index in [-0.39, 0.29) is 18.3 Å². The topological polar surface area (TPSA) is 55.4 Å². The molecule has 1 aliphatic heterocycles. The fraction of sp³-hybridized carbons (Fsp3) is 0.676. The number of ether oxygens (including phenoxy) is 6. The van der Waals surface area contributed by atoms with Crippen molar-refractivity contribution in [3.63, 3.8) is 0 Å². The molecular weight excluding hydrogens is 691 g/mol. The maximum absolute atomic E-state index is 7.05. The zero-order valence-corrected chi connectivity index (χ0v) is 31.3. The van der Waals surface area contributed by atoms with Gasteiger partial charge in [0.15, 0.2) is 5.75 Å². The van der Waals surface area contributed by atoms with Crippen LogP contribution in [0.4, 0.5) is 0 Å². The number of benzene rings is 2. The smallest absolute Gasteiger partial charge is 0.152 e. The minimum Gasteiger partial charge on any atom is -0.490 e. The lowest BCUT2D eigenvalue weighted by atomic mass is 9.89. The van der Waals surface area contributed by atoms with Crippen molar-refractivity contribution in [1.29, 1.82) is 0 Å². The first-order chi connectivity index (χ1) is 22.5. The molecule has 2 aromatic carbocycles. The minimum absolute atomic E-state index is 0.319. The predicted molar refractivity (Wildman–Crippen MR) is 192 cm³/mol. The van der Waals surface area contributed by atoms with Gasteiger partial charge >= 0.3 is 0 Å². The normalized spacial score (nSPS) is 21.5. The summed E-state index contributed by atoms with van der Waals surface area (Å²) in [7, 11) is 0. The molecule has 0 aromatic heterocycles. The number of halogens is 3. The zero-order chi connectivity index (χ0) is 33.1. The highest BCUT2D eigenvalue weighted by atomic mass is 79.9. The summed E-state index contributed by atoms with van der Waals surface area (Å²) in [6.45, 7) is 11.9. The van der Waals surface area contributed by atoms with Gasteiger partial charge in [-0.05, 0) is 65.2 Å². The monoisotopic (exact) mass is 744 g/mol. The third-order valence-corrected chi connectivity index (χ3v) is 9.50. The molecule has 0 saturated carbocycles. The van der Waals surface area contributed by atoms with Crippen molar-refractivity contribution >= 4 is 39.1 Å². The third-order valence-electron chi connectivity index (χ3n) is 8.11. The number of hydrogen-bond acceptors (Lipinski definition) is 6. The van der Waals surface area contributed by atoms with Crippen LogP contribution in [0.25, 0.3) is 0 Å². The van der Waals surface area contributed by atoms with Gasteiger partial charge in [0.1, 0.15) is 37.1 Å². The highest BCUT2D eigenvalue weighted by Gasteiger charge is 2.49. The molecule has 0 unspecified atom stereocenters. The first-order valence-electron chi connectivity index (χ1n) is 17.3. The lowest BCUT2D eigenvalue weighted by Crippen LogP contribution is -2.58. The molecule has 9 heteroatoms. The first-order valence-corrected chi connectivity index (χ1v) is 19.0. The minimum atomic E-state index is -0.492. The van der Waals surface area contributed by atoms with Crippen LogP contribution in [-0.2, 0) is 30.1 Å². The third kappa shape index (κ3) is 11.9. The van der Waals surface area contributed by atoms with Crippen LogP contribution in [0.3, 0.4) is 0 Å². The van der Waals surface area contributed by atoms with Crippen LogP contribution in [0.2, 0.25) is 5.02 Å². The van der Waals surface area contributed by atoms with E-state index in [1.54, 1.807) is 0 Å². The van der Waals surface area contributed by atoms with Gasteiger partial charge in [0.2, 0.25) is 0 Å². The molecule has 0 N–H and O–H groups in total. The lowest BCUT2D eigenvalue weighted by Gasteiger charge is -2.47. The number of rotatable bonds is 23. The van der Waals surface area contributed by atoms with Gasteiger partial charge in [0.25, 0.3) is 0 Å². The van der Waals surface area contributed by atoms with E-state index in [1.165, 1.54) is 0 Å². The molecule has 0 spiro atoms. The van der Waals surface area contributed by atoms with Crippen molar-refractivity contribution in [3.8, 4) is 5.75 Å². The molecule has 0 bridgehead atoms. The fourth-order valence-electron chi connectivity index (χ4n) is 5.52. The van der Waals surface area contributed by atoms with Gasteiger partial charge < -0.3 is 28.4 Å². The van der Waals surface area contributed by atoms with E-state index >= 15 is 0 Å². The fourth-order valence-corrected chi connectivity index (χ4v) is 6.63. The molecule has 5 atom stereocenters. The van der Waals surface area contributed by atoms with Crippen LogP contribution >= 0.6 is 39.1 Å². The standard InChI is InChI=1S/C37H55BrCl2O6/c1-5-9-19-41-26-30-34(42-20-10-6-2)37(44-22-12-8-4)36(43-21-11-7-3)33(46-30)29-25-28(24-27-16-14-13-15-17-27)32(40)35(31(29)38)45-23-18-39/h13-17,25,30,33-34,36-37H,5-12,18-24,26H2,1-4H3/t30-,33+,34-,36+,37+/m1/s1. The number of unbranched alkanes of at least 4 members (excludes halogenated alkanes) is 4. The van der Waals surface area contributed by atoms with Gasteiger partial charge in [-0.25, -0.2) is 0 Å². The second-order valence-corrected chi connectivity index (χ2v) is 13.4. The van der Waals surface area contributed by atoms with Gasteiger partial charge in [0.05, 0.1) is 22.0 Å². The van der Waals surface area contributed by atoms with Crippen molar-refractivity contribution in [2.45, 2.75) is 116 Å². The highest BCUT2D eigenvalue weighted by Crippen LogP contribution is 2.46. The second kappa shape index (κ2) is 22.7. The van der Waals surface area contributed by atoms with E-state index in [1.807, 2.05) is 18.2 Å². The van der Waals surface area contributed by atoms with Crippen LogP contribution in [0.1, 0.15) is 102 Å². The van der Waals surface area contributed by atoms with Crippen LogP contribution in [0, 0.1) is 0 Å². The Morgan fingerprint density at radius 3 is 1.96 bits per heavy atom. The molecule has 46 heavy (non-hydrogen) atoms. The maximum atomic E-state index is 7.05. The summed E-state index contributed by atoms with van der Waals surface area (Å²) in [6, 6.07) is 12.4. The van der Waals surface area contributed by atoms with E-state index < -0.39 is 12.2 Å². The molecule has 1 heterocycles. The summed E-state index contributed by atoms with van der Waals surface area (Å²) in [5, 5.41) is 0.555. The van der Waals surface area contributed by atoms with Gasteiger partial charge in [0, 0.05) is 32.0 Å². The molecule has 6 nitrogen and oxygen atoms in total. The Balaban J connectivity index is 2.14. The Hall–Kier alpha value is -0.900. The Labute approximate surface area is 296 Å². The van der Waals surface area contributed by atoms with Crippen molar-refractivity contribution in [2.24, 2.45) is 0 Å². The zero-order valence-electron chi connectivity index (χ0n) is 28.2. The van der Waals surface area contributed by atoms with E-state index in [4.69, 9.17) is 51.6 Å². The summed E-state index contributed by atoms with van der Waals surface area (Å²) in [4.78, 5) is 0. The van der Waals surface area contributed by atoms with Gasteiger partial charge in [-0.1, -0.05) is 95.3 Å². The molecule has 2 aromatic rings. The first kappa shape index (κ1) is 39.5. The summed E-state index contributed by atoms with van der Waals surface area (Å²) in [5.41, 5.74) is 2.98. The van der Waals surface area contributed by atoms with E-state index in [0.29, 0.717) is 62.7 Å². The van der Waals surface area contributed by atoms with Gasteiger partial charge in [-0.2, -0.15) is 0 Å². The average Bonchev–Trinajstić information content (AvgIpc) is 3.06. The molecule has 3 rings (SSSR count). The van der Waals surface area contributed by atoms with Gasteiger partial charge in [-0.3, -0.25) is 0 Å². The summed E-state index contributed by atoms with van der Waals surface area (Å²) >= 11 is 17.0. The molecule has 0 aliphatic carbocycles. The van der Waals surface area contributed by atoms with Crippen molar-refractivity contribution in [1.82, 2.24) is 0 Å². The average molecular weight is 747 g/mol. The molecular formula is C37H55BrCl2O6. The highest BCUT2D eigenvalue weighted by molar-refractivity contribution is 9.10. The van der Waals surface area contributed by atoms with Gasteiger partial charge in [-0.15, -0.1) is 11.6 Å². The molecule has 1 aliphatic rings. The molecule has 0 radical (unpaired) electrons. The van der Waals surface area contributed by atoms with Crippen molar-refractivity contribution < 1.29 is 28.4 Å². The van der Waals surface area contributed by atoms with E-state index in [2.05, 4.69) is 61.8 Å². The van der Waals surface area contributed by atoms with Crippen molar-refractivity contribution in [2.75, 3.05) is 45.5 Å². The van der Waals surface area contributed by atoms with Crippen LogP contribution in [0.15, 0.2) is 40.9 Å². The predicted octanol–water partition coefficient (Wildman–Crippen LogP) is 10.1. The van der Waals surface area contributed by atoms with Crippen LogP contribution in [-0.4, -0.2) is 69.9 Å². The van der Waals surface area contributed by atoms with Crippen LogP contribution in [0.5, 0.6) is 5.75 Å². The second-order valence-electron chi connectivity index (χ2n) is 11.9. The van der Waals surface area contributed by atoms with Crippen LogP contribution < -0.4 is 4.74 Å². The lowest BCUT2D eigenvalue weighted by molar-refractivity contribution is -0.268. The molecule has 0 amide bonds. The molecule has 1 fully saturated rings. The Bertz CT molecular complexity index is 1110. The van der Waals surface area contributed by atoms with E-state index in [0.717, 1.165) is 72.5 Å². The summed E-state index contributed by atoms with van der Waals surface area (Å²) < 4.78 is 40.2. The quantitative estimate of drug-likeness (QED) is 0.0834. The largest absolute Gasteiger partial charge is 0.490 e. The Kier molecular flexibility index (Phi) is 19.5. The maximum Gasteiger partial charge on any atom is 0.152 e. The summed E-state index contributed by atoms with van der Waals surface area (Å²) in [6.07, 6.45) is 6.65. The van der Waals surface area contributed by atoms with Crippen molar-refractivity contribution in [3.05, 3.63) is 62.6 Å². The molecule has 260 valence electrons. The SMILES string of the molecule is CCCCOC[C@H]1O[C@@H](c2cc(Cc3ccccc3)c(Cl)c(OCCCl)c2Br)[C@H](OCCCC)[C@@H](OCCCC)[C@@H]1OCCCC. The number of alkyl halides is 1. The molecule has 1 saturated heterocycles. The van der Waals surface area contributed by atoms with E-state index in [9.17, 15) is 0 Å².